The Balaban J connectivity index is 2.05. The summed E-state index contributed by atoms with van der Waals surface area (Å²) >= 11 is 0. The Kier molecular flexibility index (Phi) is 5.41. The summed E-state index contributed by atoms with van der Waals surface area (Å²) in [5.41, 5.74) is 4.32. The van der Waals surface area contributed by atoms with Gasteiger partial charge in [0.15, 0.2) is 0 Å². The third-order valence-electron chi connectivity index (χ3n) is 3.62. The van der Waals surface area contributed by atoms with E-state index in [2.05, 4.69) is 29.3 Å². The monoisotopic (exact) mass is 315 g/mol. The molecule has 0 saturated carbocycles. The van der Waals surface area contributed by atoms with E-state index in [0.29, 0.717) is 16.9 Å². The molecule has 2 rings (SSSR count). The van der Waals surface area contributed by atoms with Gasteiger partial charge in [-0.1, -0.05) is 0 Å². The lowest BCUT2D eigenvalue weighted by Gasteiger charge is -2.21. The van der Waals surface area contributed by atoms with Crippen LogP contribution in [0.3, 0.4) is 0 Å². The number of aromatic hydroxyl groups is 1. The number of nitrogens with one attached hydrogen (secondary N) is 1. The molecule has 0 fully saturated rings. The maximum Gasteiger partial charge on any atom is 0.274 e. The van der Waals surface area contributed by atoms with E-state index < -0.39 is 0 Å². The minimum absolute atomic E-state index is 0.117. The zero-order valence-corrected chi connectivity index (χ0v) is 13.5. The fourth-order valence-corrected chi connectivity index (χ4v) is 2.27. The third kappa shape index (κ3) is 3.91. The number of anilines is 1. The van der Waals surface area contributed by atoms with E-state index >= 15 is 0 Å². The average Bonchev–Trinajstić information content (AvgIpc) is 2.96. The number of nitrogens with zero attached hydrogens (tertiary/aromatic N) is 2. The van der Waals surface area contributed by atoms with Gasteiger partial charge in [-0.25, -0.2) is 5.43 Å². The lowest BCUT2D eigenvalue weighted by atomic mass is 10.2. The molecule has 0 saturated heterocycles. The van der Waals surface area contributed by atoms with Crippen molar-refractivity contribution in [2.24, 2.45) is 5.10 Å². The maximum absolute atomic E-state index is 11.9. The molecule has 0 aliphatic rings. The Bertz CT molecular complexity index is 703. The summed E-state index contributed by atoms with van der Waals surface area (Å²) < 4.78 is 5.07. The van der Waals surface area contributed by atoms with Gasteiger partial charge >= 0.3 is 0 Å². The molecule has 1 heterocycles. The normalized spacial score (nSPS) is 10.9. The quantitative estimate of drug-likeness (QED) is 0.634. The zero-order chi connectivity index (χ0) is 16.8. The second-order valence-electron chi connectivity index (χ2n) is 5.00. The molecule has 0 bridgehead atoms. The number of benzene rings is 1. The van der Waals surface area contributed by atoms with Crippen molar-refractivity contribution in [3.05, 3.63) is 47.4 Å². The van der Waals surface area contributed by atoms with E-state index in [1.165, 1.54) is 12.5 Å². The van der Waals surface area contributed by atoms with E-state index in [4.69, 9.17) is 4.42 Å². The molecule has 0 aliphatic heterocycles. The lowest BCUT2D eigenvalue weighted by Crippen LogP contribution is -2.21. The molecular weight excluding hydrogens is 294 g/mol. The number of hydrazone groups is 1. The van der Waals surface area contributed by atoms with Gasteiger partial charge in [-0.15, -0.1) is 0 Å². The van der Waals surface area contributed by atoms with E-state index in [1.54, 1.807) is 25.1 Å². The topological polar surface area (TPSA) is 78.1 Å². The van der Waals surface area contributed by atoms with Crippen molar-refractivity contribution in [1.82, 2.24) is 5.43 Å². The Morgan fingerprint density at radius 3 is 2.65 bits per heavy atom. The molecule has 23 heavy (non-hydrogen) atoms. The van der Waals surface area contributed by atoms with Gasteiger partial charge in [-0.2, -0.15) is 5.10 Å². The van der Waals surface area contributed by atoms with E-state index in [9.17, 15) is 9.90 Å². The number of carbonyl (C=O) groups excluding carboxylic acids is 1. The van der Waals surface area contributed by atoms with Crippen LogP contribution in [0.5, 0.6) is 5.75 Å². The largest absolute Gasteiger partial charge is 0.507 e. The number of hydrogen-bond donors (Lipinski definition) is 2. The van der Waals surface area contributed by atoms with Gasteiger partial charge in [-0.05, 0) is 39.0 Å². The smallest absolute Gasteiger partial charge is 0.274 e. The Hall–Kier alpha value is -2.76. The predicted molar refractivity (Wildman–Crippen MR) is 90.2 cm³/mol. The third-order valence-corrected chi connectivity index (χ3v) is 3.62. The first kappa shape index (κ1) is 16.6. The minimum Gasteiger partial charge on any atom is -0.507 e. The molecular formula is C17H21N3O3. The van der Waals surface area contributed by atoms with Gasteiger partial charge in [0.25, 0.3) is 5.91 Å². The summed E-state index contributed by atoms with van der Waals surface area (Å²) in [5, 5.41) is 14.0. The highest BCUT2D eigenvalue weighted by Crippen LogP contribution is 2.23. The molecule has 0 spiro atoms. The second kappa shape index (κ2) is 7.49. The Morgan fingerprint density at radius 1 is 1.35 bits per heavy atom. The number of rotatable bonds is 6. The van der Waals surface area contributed by atoms with Crippen molar-refractivity contribution in [1.29, 1.82) is 0 Å². The number of hydrogen-bond acceptors (Lipinski definition) is 5. The van der Waals surface area contributed by atoms with Gasteiger partial charge in [-0.3, -0.25) is 4.79 Å². The van der Waals surface area contributed by atoms with Crippen molar-refractivity contribution >= 4 is 17.8 Å². The fourth-order valence-electron chi connectivity index (χ4n) is 2.27. The van der Waals surface area contributed by atoms with Crippen LogP contribution in [-0.2, 0) is 0 Å². The molecule has 6 nitrogen and oxygen atoms in total. The molecule has 6 heteroatoms. The number of aryl methyl sites for hydroxylation is 1. The molecule has 0 unspecified atom stereocenters. The summed E-state index contributed by atoms with van der Waals surface area (Å²) in [6.07, 6.45) is 2.86. The summed E-state index contributed by atoms with van der Waals surface area (Å²) in [5.74, 6) is 0.294. The Labute approximate surface area is 135 Å². The van der Waals surface area contributed by atoms with Crippen molar-refractivity contribution < 1.29 is 14.3 Å². The highest BCUT2D eigenvalue weighted by molar-refractivity contribution is 5.95. The average molecular weight is 315 g/mol. The minimum atomic E-state index is -0.355. The van der Waals surface area contributed by atoms with Gasteiger partial charge in [0.1, 0.15) is 11.5 Å². The molecule has 2 aromatic rings. The van der Waals surface area contributed by atoms with Crippen LogP contribution in [0.4, 0.5) is 5.69 Å². The number of phenols is 1. The maximum atomic E-state index is 11.9. The van der Waals surface area contributed by atoms with Crippen LogP contribution in [0, 0.1) is 6.92 Å². The molecule has 0 aliphatic carbocycles. The van der Waals surface area contributed by atoms with Crippen molar-refractivity contribution in [2.75, 3.05) is 18.0 Å². The second-order valence-corrected chi connectivity index (χ2v) is 5.00. The van der Waals surface area contributed by atoms with Gasteiger partial charge in [0.2, 0.25) is 0 Å². The summed E-state index contributed by atoms with van der Waals surface area (Å²) in [6.45, 7) is 7.55. The van der Waals surface area contributed by atoms with Crippen molar-refractivity contribution in [3.63, 3.8) is 0 Å². The lowest BCUT2D eigenvalue weighted by molar-refractivity contribution is 0.0953. The van der Waals surface area contributed by atoms with Gasteiger partial charge < -0.3 is 14.4 Å². The van der Waals surface area contributed by atoms with Crippen LogP contribution in [0.15, 0.2) is 40.0 Å². The Morgan fingerprint density at radius 2 is 2.09 bits per heavy atom. The molecule has 1 aromatic carbocycles. The number of amides is 1. The van der Waals surface area contributed by atoms with Crippen LogP contribution in [0.2, 0.25) is 0 Å². The molecule has 1 aromatic heterocycles. The van der Waals surface area contributed by atoms with Gasteiger partial charge in [0.05, 0.1) is 18.0 Å². The first-order chi connectivity index (χ1) is 11.1. The highest BCUT2D eigenvalue weighted by Gasteiger charge is 2.10. The van der Waals surface area contributed by atoms with Gasteiger partial charge in [0, 0.05) is 30.4 Å². The van der Waals surface area contributed by atoms with Crippen LogP contribution in [-0.4, -0.2) is 30.3 Å². The summed E-state index contributed by atoms with van der Waals surface area (Å²) in [7, 11) is 0. The van der Waals surface area contributed by atoms with Crippen LogP contribution in [0.1, 0.15) is 35.5 Å². The molecule has 1 amide bonds. The summed E-state index contributed by atoms with van der Waals surface area (Å²) in [4.78, 5) is 14.0. The molecule has 0 radical (unpaired) electrons. The molecule has 122 valence electrons. The first-order valence-electron chi connectivity index (χ1n) is 7.52. The van der Waals surface area contributed by atoms with E-state index in [0.717, 1.165) is 18.8 Å². The summed E-state index contributed by atoms with van der Waals surface area (Å²) in [6, 6.07) is 6.95. The molecule has 2 N–H and O–H groups in total. The van der Waals surface area contributed by atoms with Crippen molar-refractivity contribution in [2.45, 2.75) is 20.8 Å². The molecule has 0 atom stereocenters. The highest BCUT2D eigenvalue weighted by atomic mass is 16.3. The number of furan rings is 1. The number of carbonyl (C=O) groups is 1. The van der Waals surface area contributed by atoms with Crippen LogP contribution >= 0.6 is 0 Å². The standard InChI is InChI=1S/C17H21N3O3/c1-4-20(5-2)14-7-6-13(16(21)10-14)11-18-19-17(22)15-8-9-23-12(15)3/h6-11,21H,4-5H2,1-3H3,(H,19,22)/b18-11+. The van der Waals surface area contributed by atoms with Crippen molar-refractivity contribution in [3.8, 4) is 5.75 Å². The zero-order valence-electron chi connectivity index (χ0n) is 13.5. The predicted octanol–water partition coefficient (Wildman–Crippen LogP) is 2.90. The first-order valence-corrected chi connectivity index (χ1v) is 7.52. The van der Waals surface area contributed by atoms with Crippen LogP contribution in [0.25, 0.3) is 0 Å². The fraction of sp³-hybridized carbons (Fsp3) is 0.294. The van der Waals surface area contributed by atoms with Crippen LogP contribution < -0.4 is 10.3 Å². The SMILES string of the molecule is CCN(CC)c1ccc(/C=N/NC(=O)c2ccoc2C)c(O)c1. The van der Waals surface area contributed by atoms with E-state index in [-0.39, 0.29) is 11.7 Å². The number of phenolic OH excluding ortho intramolecular Hbond substituents is 1. The van der Waals surface area contributed by atoms with E-state index in [1.807, 2.05) is 6.07 Å².